The summed E-state index contributed by atoms with van der Waals surface area (Å²) >= 11 is 1.55. The van der Waals surface area contributed by atoms with Crippen LogP contribution >= 0.6 is 11.8 Å². The number of esters is 1. The Kier molecular flexibility index (Phi) is 19.4. The van der Waals surface area contributed by atoms with E-state index in [-0.39, 0.29) is 43.7 Å². The number of carbonyl (C=O) groups excluding carboxylic acids is 1. The van der Waals surface area contributed by atoms with Crippen LogP contribution in [0.25, 0.3) is 0 Å². The first-order chi connectivity index (χ1) is 27.4. The van der Waals surface area contributed by atoms with Crippen molar-refractivity contribution in [2.24, 2.45) is 28.8 Å². The highest BCUT2D eigenvalue weighted by atomic mass is 32.2. The minimum atomic E-state index is -1.98. The molecule has 0 aliphatic carbocycles. The molecule has 0 bridgehead atoms. The summed E-state index contributed by atoms with van der Waals surface area (Å²) < 4.78 is 37.7. The lowest BCUT2D eigenvalue weighted by atomic mass is 9.73. The number of ether oxygens (including phenoxy) is 6. The molecular weight excluding hydrogens is 789 g/mol. The Morgan fingerprint density at radius 3 is 2.17 bits per heavy atom. The third-order valence-corrected chi connectivity index (χ3v) is 13.8. The molecule has 3 rings (SSSR count). The molecule has 3 fully saturated rings. The number of thioether (sulfide) groups is 1. The number of likely N-dealkylation sites (N-methyl/N-ethyl adjacent to an activating group) is 1. The third kappa shape index (κ3) is 12.7. The molecule has 59 heavy (non-hydrogen) atoms. The van der Waals surface area contributed by atoms with Gasteiger partial charge in [0.15, 0.2) is 12.6 Å². The Balaban J connectivity index is 2.23. The highest BCUT2D eigenvalue weighted by Gasteiger charge is 2.53. The molecule has 0 aromatic rings. The van der Waals surface area contributed by atoms with Gasteiger partial charge in [-0.25, -0.2) is 0 Å². The molecule has 0 aromatic heterocycles. The highest BCUT2D eigenvalue weighted by Crippen LogP contribution is 2.41. The summed E-state index contributed by atoms with van der Waals surface area (Å²) in [6.45, 7) is 18.8. The molecule has 0 aromatic carbocycles. The Morgan fingerprint density at radius 2 is 1.59 bits per heavy atom. The molecule has 19 atom stereocenters. The van der Waals surface area contributed by atoms with Gasteiger partial charge in [0.2, 0.25) is 0 Å². The fourth-order valence-corrected chi connectivity index (χ4v) is 9.70. The second kappa shape index (κ2) is 21.9. The predicted octanol–water partition coefficient (Wildman–Crippen LogP) is 2.70. The molecule has 16 nitrogen and oxygen atoms in total. The maximum Gasteiger partial charge on any atom is 0.311 e. The molecule has 0 spiro atoms. The minimum absolute atomic E-state index is 0.0409. The number of aliphatic hydroxyl groups excluding tert-OH is 4. The summed E-state index contributed by atoms with van der Waals surface area (Å²) in [5, 5.41) is 74.3. The van der Waals surface area contributed by atoms with E-state index in [0.29, 0.717) is 12.2 Å². The topological polar surface area (TPSA) is 219 Å². The molecule has 3 aliphatic heterocycles. The smallest absolute Gasteiger partial charge is 0.311 e. The number of carbonyl (C=O) groups is 1. The van der Waals surface area contributed by atoms with Crippen molar-refractivity contribution >= 4 is 23.4 Å². The largest absolute Gasteiger partial charge is 0.459 e. The molecule has 17 heteroatoms. The van der Waals surface area contributed by atoms with Crippen LogP contribution in [0.5, 0.6) is 0 Å². The third-order valence-electron chi connectivity index (χ3n) is 12.8. The first-order valence-electron chi connectivity index (χ1n) is 21.3. The number of aliphatic hydroxyl groups is 6. The fourth-order valence-electron chi connectivity index (χ4n) is 9.09. The maximum atomic E-state index is 14.4. The van der Waals surface area contributed by atoms with Gasteiger partial charge in [-0.2, -0.15) is 11.8 Å². The van der Waals surface area contributed by atoms with Gasteiger partial charge in [-0.05, 0) is 80.7 Å². The van der Waals surface area contributed by atoms with E-state index in [9.17, 15) is 35.4 Å². The zero-order chi connectivity index (χ0) is 44.8. The highest BCUT2D eigenvalue weighted by molar-refractivity contribution is 7.99. The van der Waals surface area contributed by atoms with Gasteiger partial charge in [-0.1, -0.05) is 39.8 Å². The van der Waals surface area contributed by atoms with Crippen molar-refractivity contribution in [1.82, 2.24) is 4.90 Å². The molecule has 2 unspecified atom stereocenters. The maximum absolute atomic E-state index is 14.4. The lowest BCUT2D eigenvalue weighted by molar-refractivity contribution is -0.317. The van der Waals surface area contributed by atoms with Crippen molar-refractivity contribution in [2.75, 3.05) is 39.3 Å². The molecular formula is C42H78N2O14S. The van der Waals surface area contributed by atoms with Gasteiger partial charge in [0, 0.05) is 43.1 Å². The minimum Gasteiger partial charge on any atom is -0.459 e. The van der Waals surface area contributed by atoms with E-state index in [1.807, 2.05) is 39.8 Å². The zero-order valence-electron chi connectivity index (χ0n) is 37.9. The van der Waals surface area contributed by atoms with Crippen LogP contribution in [0, 0.1) is 23.7 Å². The van der Waals surface area contributed by atoms with Crippen LogP contribution in [0.1, 0.15) is 102 Å². The van der Waals surface area contributed by atoms with Crippen molar-refractivity contribution < 1.29 is 68.7 Å². The lowest BCUT2D eigenvalue weighted by Crippen LogP contribution is -2.61. The molecule has 346 valence electrons. The van der Waals surface area contributed by atoms with Crippen molar-refractivity contribution in [3.63, 3.8) is 0 Å². The van der Waals surface area contributed by atoms with Crippen molar-refractivity contribution in [2.45, 2.75) is 192 Å². The number of oxime groups is 1. The summed E-state index contributed by atoms with van der Waals surface area (Å²) in [4.78, 5) is 21.9. The van der Waals surface area contributed by atoms with E-state index in [4.69, 9.17) is 33.3 Å². The zero-order valence-corrected chi connectivity index (χ0v) is 38.8. The van der Waals surface area contributed by atoms with Gasteiger partial charge in [-0.15, -0.1) is 0 Å². The standard InChI is InChI=1S/C42H78N2O14S/c1-15-30-42(11,51)35(47)24(5)32(43-53-20-28(45)21-59-16-2)22(3)18-40(9,50)37(58-39-33(46)29(44(12)13)17-23(4)54-39)25(6)34(26(7)38(49)56-30)57-31-19-41(10,52-14)36(48)27(8)55-31/h22-31,33-37,39,45-48,50-51H,15-21H2,1-14H3/b43-32+/t22-,23-,24+,25+,26-,27+,28?,29+,30-,31+,33-,34+,35-,36+,37?,39+,40-,41-,42-/m1/s1. The Morgan fingerprint density at radius 1 is 0.949 bits per heavy atom. The van der Waals surface area contributed by atoms with Crippen LogP contribution in [0.2, 0.25) is 0 Å². The predicted molar refractivity (Wildman–Crippen MR) is 224 cm³/mol. The van der Waals surface area contributed by atoms with E-state index in [2.05, 4.69) is 5.16 Å². The Bertz CT molecular complexity index is 1340. The Hall–Kier alpha value is -1.19. The second-order valence-electron chi connectivity index (χ2n) is 18.2. The Labute approximate surface area is 356 Å². The SMILES string of the molecule is CCSCC(O)CO/N=C1\[C@H](C)C[C@@](C)(O)C(O[C@@H]2O[C@H](C)C[C@H](N(C)C)[C@H]2O)[C@@H](C)[C@H](O[C@H]2C[C@@](C)(OC)[C@@H](O)[C@H](C)O2)[C@@H](C)C(=O)O[C@H](CC)[C@@](C)(O)[C@H](O)[C@H]1C. The average Bonchev–Trinajstić information content (AvgIpc) is 3.16. The van der Waals surface area contributed by atoms with Crippen LogP contribution in [-0.4, -0.2) is 177 Å². The second-order valence-corrected chi connectivity index (χ2v) is 19.5. The van der Waals surface area contributed by atoms with E-state index < -0.39 is 108 Å². The monoisotopic (exact) mass is 867 g/mol. The van der Waals surface area contributed by atoms with Gasteiger partial charge in [0.25, 0.3) is 0 Å². The van der Waals surface area contributed by atoms with E-state index in [1.54, 1.807) is 60.2 Å². The van der Waals surface area contributed by atoms with Gasteiger partial charge in [0.1, 0.15) is 30.5 Å². The van der Waals surface area contributed by atoms with Crippen molar-refractivity contribution in [3.05, 3.63) is 0 Å². The van der Waals surface area contributed by atoms with Crippen LogP contribution in [0.4, 0.5) is 0 Å². The van der Waals surface area contributed by atoms with Crippen LogP contribution < -0.4 is 0 Å². The van der Waals surface area contributed by atoms with Crippen molar-refractivity contribution in [3.8, 4) is 0 Å². The molecule has 0 amide bonds. The number of methoxy groups -OCH3 is 1. The number of nitrogens with zero attached hydrogens (tertiary/aromatic N) is 2. The van der Waals surface area contributed by atoms with E-state index in [0.717, 1.165) is 5.75 Å². The molecule has 3 aliphatic rings. The fraction of sp³-hybridized carbons (Fsp3) is 0.952. The summed E-state index contributed by atoms with van der Waals surface area (Å²) in [5.41, 5.74) is -4.53. The van der Waals surface area contributed by atoms with Crippen LogP contribution in [0.15, 0.2) is 5.16 Å². The first kappa shape index (κ1) is 52.2. The van der Waals surface area contributed by atoms with Crippen LogP contribution in [-0.2, 0) is 38.1 Å². The molecule has 0 radical (unpaired) electrons. The number of cyclic esters (lactones) is 1. The quantitative estimate of drug-likeness (QED) is 0.116. The first-order valence-corrected chi connectivity index (χ1v) is 22.5. The molecule has 3 saturated heterocycles. The molecule has 0 saturated carbocycles. The number of hydrogen-bond acceptors (Lipinski definition) is 17. The van der Waals surface area contributed by atoms with Gasteiger partial charge in [0.05, 0.1) is 59.5 Å². The van der Waals surface area contributed by atoms with Gasteiger partial charge < -0.3 is 68.8 Å². The summed E-state index contributed by atoms with van der Waals surface area (Å²) in [5.74, 6) is -2.95. The van der Waals surface area contributed by atoms with Gasteiger partial charge in [-0.3, -0.25) is 4.79 Å². The summed E-state index contributed by atoms with van der Waals surface area (Å²) in [6, 6.07) is -0.333. The summed E-state index contributed by atoms with van der Waals surface area (Å²) in [7, 11) is 5.21. The number of hydrogen-bond donors (Lipinski definition) is 6. The molecule has 6 N–H and O–H groups in total. The summed E-state index contributed by atoms with van der Waals surface area (Å²) in [6.07, 6.45) is -10.4. The normalized spacial score (nSPS) is 45.8. The average molecular weight is 867 g/mol. The lowest BCUT2D eigenvalue weighted by Gasteiger charge is -2.49. The van der Waals surface area contributed by atoms with E-state index in [1.165, 1.54) is 14.0 Å². The number of rotatable bonds is 13. The van der Waals surface area contributed by atoms with Crippen molar-refractivity contribution in [1.29, 1.82) is 0 Å². The molecule has 3 heterocycles. The van der Waals surface area contributed by atoms with Crippen LogP contribution in [0.3, 0.4) is 0 Å². The van der Waals surface area contributed by atoms with Gasteiger partial charge >= 0.3 is 5.97 Å². The van der Waals surface area contributed by atoms with E-state index >= 15 is 0 Å².